The zero-order chi connectivity index (χ0) is 18.7. The Bertz CT molecular complexity index is 883. The quantitative estimate of drug-likeness (QED) is 0.834. The molecule has 2 amide bonds. The van der Waals surface area contributed by atoms with Crippen molar-refractivity contribution < 1.29 is 22.4 Å². The van der Waals surface area contributed by atoms with Crippen LogP contribution in [0.15, 0.2) is 52.0 Å². The molecule has 1 fully saturated rings. The van der Waals surface area contributed by atoms with E-state index in [1.165, 1.54) is 30.5 Å². The normalized spacial score (nSPS) is 15.7. The fourth-order valence-electron chi connectivity index (χ4n) is 2.87. The Balaban J connectivity index is 1.54. The first-order chi connectivity index (χ1) is 12.3. The van der Waals surface area contributed by atoms with Crippen molar-refractivity contribution in [3.63, 3.8) is 0 Å². The van der Waals surface area contributed by atoms with Gasteiger partial charge in [0.15, 0.2) is 5.76 Å². The number of sulfonamides is 1. The number of benzene rings is 1. The number of nitrogens with zero attached hydrogens (tertiary/aromatic N) is 1. The van der Waals surface area contributed by atoms with E-state index in [4.69, 9.17) is 9.56 Å². The van der Waals surface area contributed by atoms with Gasteiger partial charge in [-0.25, -0.2) is 13.6 Å². The van der Waals surface area contributed by atoms with Gasteiger partial charge in [0.2, 0.25) is 15.9 Å². The van der Waals surface area contributed by atoms with E-state index in [-0.39, 0.29) is 22.6 Å². The van der Waals surface area contributed by atoms with Crippen molar-refractivity contribution in [2.75, 3.05) is 18.4 Å². The first-order valence-electron chi connectivity index (χ1n) is 8.11. The molecule has 0 aliphatic carbocycles. The smallest absolute Gasteiger partial charge is 0.289 e. The molecule has 0 spiro atoms. The lowest BCUT2D eigenvalue weighted by Crippen LogP contribution is -2.41. The lowest BCUT2D eigenvalue weighted by atomic mass is 9.95. The highest BCUT2D eigenvalue weighted by atomic mass is 32.2. The van der Waals surface area contributed by atoms with E-state index in [0.717, 1.165) is 0 Å². The van der Waals surface area contributed by atoms with Gasteiger partial charge in [0.1, 0.15) is 0 Å². The van der Waals surface area contributed by atoms with E-state index in [9.17, 15) is 18.0 Å². The Morgan fingerprint density at radius 1 is 1.12 bits per heavy atom. The Hall–Kier alpha value is -2.65. The molecule has 1 aromatic heterocycles. The van der Waals surface area contributed by atoms with Gasteiger partial charge in [-0.2, -0.15) is 0 Å². The van der Waals surface area contributed by atoms with Crippen LogP contribution in [0, 0.1) is 5.92 Å². The van der Waals surface area contributed by atoms with Gasteiger partial charge in [0.05, 0.1) is 11.2 Å². The number of nitrogens with one attached hydrogen (secondary N) is 1. The number of anilines is 1. The monoisotopic (exact) mass is 377 g/mol. The molecule has 0 radical (unpaired) electrons. The van der Waals surface area contributed by atoms with Gasteiger partial charge in [-0.1, -0.05) is 0 Å². The van der Waals surface area contributed by atoms with Crippen molar-refractivity contribution in [3.05, 3.63) is 48.4 Å². The number of nitrogens with two attached hydrogens (primary N) is 1. The zero-order valence-electron chi connectivity index (χ0n) is 13.9. The van der Waals surface area contributed by atoms with Gasteiger partial charge >= 0.3 is 0 Å². The van der Waals surface area contributed by atoms with Crippen LogP contribution in [0.5, 0.6) is 0 Å². The minimum Gasteiger partial charge on any atom is -0.459 e. The van der Waals surface area contributed by atoms with Gasteiger partial charge in [0, 0.05) is 24.7 Å². The molecule has 138 valence electrons. The Kier molecular flexibility index (Phi) is 5.10. The molecule has 0 saturated carbocycles. The van der Waals surface area contributed by atoms with Crippen LogP contribution in [0.2, 0.25) is 0 Å². The third-order valence-corrected chi connectivity index (χ3v) is 5.26. The van der Waals surface area contributed by atoms with Crippen LogP contribution in [-0.4, -0.2) is 38.2 Å². The van der Waals surface area contributed by atoms with Crippen LogP contribution in [-0.2, 0) is 14.8 Å². The number of hydrogen-bond acceptors (Lipinski definition) is 5. The second-order valence-electron chi connectivity index (χ2n) is 6.10. The molecule has 1 aliphatic heterocycles. The number of hydrogen-bond donors (Lipinski definition) is 2. The van der Waals surface area contributed by atoms with Crippen molar-refractivity contribution in [2.24, 2.45) is 11.1 Å². The molecule has 1 aliphatic rings. The molecule has 9 heteroatoms. The molecule has 8 nitrogen and oxygen atoms in total. The topological polar surface area (TPSA) is 123 Å². The molecule has 3 N–H and O–H groups in total. The van der Waals surface area contributed by atoms with Crippen molar-refractivity contribution in [3.8, 4) is 0 Å². The summed E-state index contributed by atoms with van der Waals surface area (Å²) in [6.07, 6.45) is 2.55. The summed E-state index contributed by atoms with van der Waals surface area (Å²) in [6.45, 7) is 0.948. The molecule has 1 aromatic carbocycles. The predicted octanol–water partition coefficient (Wildman–Crippen LogP) is 1.42. The minimum absolute atomic E-state index is 0.0137. The summed E-state index contributed by atoms with van der Waals surface area (Å²) in [5, 5.41) is 7.81. The standard InChI is InChI=1S/C17H19N3O5S/c18-26(23,24)14-5-3-13(4-6-14)19-16(21)12-7-9-20(10-8-12)17(22)15-2-1-11-25-15/h1-6,11-12H,7-10H2,(H,19,21)(H2,18,23,24). The summed E-state index contributed by atoms with van der Waals surface area (Å²) in [7, 11) is -3.76. The number of piperidine rings is 1. The Morgan fingerprint density at radius 3 is 2.31 bits per heavy atom. The van der Waals surface area contributed by atoms with Crippen LogP contribution in [0.3, 0.4) is 0 Å². The molecule has 3 rings (SSSR count). The van der Waals surface area contributed by atoms with E-state index in [1.54, 1.807) is 17.0 Å². The fourth-order valence-corrected chi connectivity index (χ4v) is 3.39. The number of carbonyl (C=O) groups excluding carboxylic acids is 2. The third kappa shape index (κ3) is 4.12. The largest absolute Gasteiger partial charge is 0.459 e. The molecular formula is C17H19N3O5S. The maximum atomic E-state index is 12.4. The van der Waals surface area contributed by atoms with Crippen molar-refractivity contribution in [2.45, 2.75) is 17.7 Å². The van der Waals surface area contributed by atoms with Gasteiger partial charge in [-0.05, 0) is 49.2 Å². The summed E-state index contributed by atoms with van der Waals surface area (Å²) in [4.78, 5) is 26.2. The second kappa shape index (κ2) is 7.30. The number of primary sulfonamides is 1. The highest BCUT2D eigenvalue weighted by Crippen LogP contribution is 2.21. The molecule has 2 aromatic rings. The molecule has 1 saturated heterocycles. The molecule has 0 atom stereocenters. The number of carbonyl (C=O) groups is 2. The predicted molar refractivity (Wildman–Crippen MR) is 93.8 cm³/mol. The summed E-state index contributed by atoms with van der Waals surface area (Å²) >= 11 is 0. The van der Waals surface area contributed by atoms with E-state index < -0.39 is 10.0 Å². The van der Waals surface area contributed by atoms with Gasteiger partial charge < -0.3 is 14.6 Å². The van der Waals surface area contributed by atoms with Crippen LogP contribution < -0.4 is 10.5 Å². The van der Waals surface area contributed by atoms with Crippen molar-refractivity contribution in [1.29, 1.82) is 0 Å². The number of likely N-dealkylation sites (tertiary alicyclic amines) is 1. The first kappa shape index (κ1) is 18.2. The third-order valence-electron chi connectivity index (χ3n) is 4.34. The fraction of sp³-hybridized carbons (Fsp3) is 0.294. The van der Waals surface area contributed by atoms with E-state index in [2.05, 4.69) is 5.32 Å². The van der Waals surface area contributed by atoms with Gasteiger partial charge in [-0.3, -0.25) is 9.59 Å². The zero-order valence-corrected chi connectivity index (χ0v) is 14.7. The lowest BCUT2D eigenvalue weighted by molar-refractivity contribution is -0.121. The van der Waals surface area contributed by atoms with Crippen LogP contribution in [0.4, 0.5) is 5.69 Å². The lowest BCUT2D eigenvalue weighted by Gasteiger charge is -2.30. The summed E-state index contributed by atoms with van der Waals surface area (Å²) < 4.78 is 27.6. The second-order valence-corrected chi connectivity index (χ2v) is 7.66. The summed E-state index contributed by atoms with van der Waals surface area (Å²) in [6, 6.07) is 8.95. The average molecular weight is 377 g/mol. The van der Waals surface area contributed by atoms with Crippen LogP contribution in [0.1, 0.15) is 23.4 Å². The minimum atomic E-state index is -3.76. The van der Waals surface area contributed by atoms with Gasteiger partial charge in [0.25, 0.3) is 5.91 Å². The molecule has 26 heavy (non-hydrogen) atoms. The molecule has 0 unspecified atom stereocenters. The maximum Gasteiger partial charge on any atom is 0.289 e. The highest BCUT2D eigenvalue weighted by Gasteiger charge is 2.28. The van der Waals surface area contributed by atoms with Crippen molar-refractivity contribution in [1.82, 2.24) is 4.90 Å². The Morgan fingerprint density at radius 2 is 1.77 bits per heavy atom. The molecular weight excluding hydrogens is 358 g/mol. The van der Waals surface area contributed by atoms with Crippen LogP contribution in [0.25, 0.3) is 0 Å². The molecule has 2 heterocycles. The van der Waals surface area contributed by atoms with E-state index >= 15 is 0 Å². The van der Waals surface area contributed by atoms with Crippen molar-refractivity contribution >= 4 is 27.5 Å². The number of rotatable bonds is 4. The number of furan rings is 1. The summed E-state index contributed by atoms with van der Waals surface area (Å²) in [5.74, 6) is -0.248. The summed E-state index contributed by atoms with van der Waals surface area (Å²) in [5.41, 5.74) is 0.497. The highest BCUT2D eigenvalue weighted by molar-refractivity contribution is 7.89. The first-order valence-corrected chi connectivity index (χ1v) is 9.66. The number of amides is 2. The van der Waals surface area contributed by atoms with Crippen LogP contribution >= 0.6 is 0 Å². The Labute approximate surface area is 151 Å². The SMILES string of the molecule is NS(=O)(=O)c1ccc(NC(=O)C2CCN(C(=O)c3ccco3)CC2)cc1. The van der Waals surface area contributed by atoms with Gasteiger partial charge in [-0.15, -0.1) is 0 Å². The molecule has 0 bridgehead atoms. The van der Waals surface area contributed by atoms with E-state index in [1.807, 2.05) is 0 Å². The average Bonchev–Trinajstić information content (AvgIpc) is 3.15. The maximum absolute atomic E-state index is 12.4. The van der Waals surface area contributed by atoms with E-state index in [0.29, 0.717) is 37.4 Å².